The Hall–Kier alpha value is -3.89. The van der Waals surface area contributed by atoms with Gasteiger partial charge in [0.25, 0.3) is 11.8 Å². The summed E-state index contributed by atoms with van der Waals surface area (Å²) in [5.74, 6) is -0.673. The van der Waals surface area contributed by atoms with Crippen LogP contribution in [0.2, 0.25) is 5.02 Å². The molecule has 1 aliphatic rings. The van der Waals surface area contributed by atoms with E-state index in [4.69, 9.17) is 11.6 Å². The molecule has 0 aliphatic carbocycles. The van der Waals surface area contributed by atoms with Gasteiger partial charge >= 0.3 is 0 Å². The first kappa shape index (κ1) is 21.0. The fourth-order valence-corrected chi connectivity index (χ4v) is 4.43. The van der Waals surface area contributed by atoms with Crippen molar-refractivity contribution in [1.82, 2.24) is 4.90 Å². The number of carbonyl (C=O) groups excluding carboxylic acids is 2. The highest BCUT2D eigenvalue weighted by Gasteiger charge is 2.42. The van der Waals surface area contributed by atoms with Gasteiger partial charge in [-0.1, -0.05) is 90.5 Å². The van der Waals surface area contributed by atoms with Gasteiger partial charge in [-0.25, -0.2) is 4.90 Å². The van der Waals surface area contributed by atoms with Gasteiger partial charge in [0.1, 0.15) is 5.70 Å². The maximum Gasteiger partial charge on any atom is 0.282 e. The standard InChI is InChI=1S/C28H21ClN2O2/c1-30(18-19-8-3-2-4-9-19)26-25(21-14-16-22(29)17-15-21)27(32)31(28(26)33)24-13-7-11-20-10-5-6-12-23(20)24/h2-17H,18H2,1H3. The summed E-state index contributed by atoms with van der Waals surface area (Å²) < 4.78 is 0. The molecule has 1 heterocycles. The van der Waals surface area contributed by atoms with E-state index in [0.29, 0.717) is 34.1 Å². The van der Waals surface area contributed by atoms with Gasteiger partial charge in [0, 0.05) is 24.0 Å². The quantitative estimate of drug-likeness (QED) is 0.353. The zero-order valence-corrected chi connectivity index (χ0v) is 18.8. The van der Waals surface area contributed by atoms with Crippen molar-refractivity contribution in [2.45, 2.75) is 6.54 Å². The van der Waals surface area contributed by atoms with Crippen LogP contribution in [0, 0.1) is 0 Å². The molecule has 1 aliphatic heterocycles. The highest BCUT2D eigenvalue weighted by atomic mass is 35.5. The monoisotopic (exact) mass is 452 g/mol. The second-order valence-electron chi connectivity index (χ2n) is 8.02. The van der Waals surface area contributed by atoms with E-state index in [-0.39, 0.29) is 11.8 Å². The number of rotatable bonds is 5. The van der Waals surface area contributed by atoms with E-state index >= 15 is 0 Å². The maximum atomic E-state index is 13.8. The molecule has 4 aromatic carbocycles. The van der Waals surface area contributed by atoms with Crippen LogP contribution in [0.3, 0.4) is 0 Å². The third-order valence-corrected chi connectivity index (χ3v) is 6.10. The molecule has 2 amide bonds. The molecule has 0 N–H and O–H groups in total. The van der Waals surface area contributed by atoms with Crippen molar-refractivity contribution in [3.05, 3.63) is 119 Å². The Morgan fingerprint density at radius 2 is 1.42 bits per heavy atom. The number of amides is 2. The van der Waals surface area contributed by atoms with Crippen molar-refractivity contribution in [3.63, 3.8) is 0 Å². The van der Waals surface area contributed by atoms with Gasteiger partial charge in [0.05, 0.1) is 11.3 Å². The molecule has 0 unspecified atom stereocenters. The van der Waals surface area contributed by atoms with Crippen molar-refractivity contribution in [3.8, 4) is 0 Å². The molecular formula is C28H21ClN2O2. The summed E-state index contributed by atoms with van der Waals surface area (Å²) in [6.45, 7) is 0.496. The minimum absolute atomic E-state index is 0.334. The summed E-state index contributed by atoms with van der Waals surface area (Å²) >= 11 is 6.09. The van der Waals surface area contributed by atoms with Crippen molar-refractivity contribution in [2.75, 3.05) is 11.9 Å². The number of halogens is 1. The van der Waals surface area contributed by atoms with Crippen LogP contribution in [0.5, 0.6) is 0 Å². The van der Waals surface area contributed by atoms with Crippen LogP contribution in [0.15, 0.2) is 103 Å². The van der Waals surface area contributed by atoms with E-state index in [1.54, 1.807) is 24.3 Å². The number of imide groups is 1. The lowest BCUT2D eigenvalue weighted by molar-refractivity contribution is -0.120. The Kier molecular flexibility index (Phi) is 5.45. The predicted octanol–water partition coefficient (Wildman–Crippen LogP) is 5.91. The topological polar surface area (TPSA) is 40.6 Å². The van der Waals surface area contributed by atoms with Crippen LogP contribution < -0.4 is 4.90 Å². The molecule has 0 saturated carbocycles. The average Bonchev–Trinajstić information content (AvgIpc) is 3.10. The molecule has 0 saturated heterocycles. The second kappa shape index (κ2) is 8.57. The number of carbonyl (C=O) groups is 2. The van der Waals surface area contributed by atoms with E-state index < -0.39 is 0 Å². The fraction of sp³-hybridized carbons (Fsp3) is 0.0714. The van der Waals surface area contributed by atoms with Crippen LogP contribution in [-0.4, -0.2) is 23.8 Å². The molecular weight excluding hydrogens is 432 g/mol. The molecule has 0 radical (unpaired) electrons. The van der Waals surface area contributed by atoms with Gasteiger partial charge in [0.2, 0.25) is 0 Å². The van der Waals surface area contributed by atoms with Crippen molar-refractivity contribution >= 4 is 45.4 Å². The van der Waals surface area contributed by atoms with Gasteiger partial charge in [-0.2, -0.15) is 0 Å². The molecule has 0 aromatic heterocycles. The predicted molar refractivity (Wildman–Crippen MR) is 133 cm³/mol. The number of hydrogen-bond donors (Lipinski definition) is 0. The van der Waals surface area contributed by atoms with Gasteiger partial charge in [-0.3, -0.25) is 9.59 Å². The lowest BCUT2D eigenvalue weighted by Crippen LogP contribution is -2.34. The first-order valence-corrected chi connectivity index (χ1v) is 11.0. The number of anilines is 1. The number of likely N-dealkylation sites (N-methyl/N-ethyl adjacent to an activating group) is 1. The zero-order valence-electron chi connectivity index (χ0n) is 18.0. The Balaban J connectivity index is 1.64. The molecule has 0 spiro atoms. The lowest BCUT2D eigenvalue weighted by Gasteiger charge is -2.22. The fourth-order valence-electron chi connectivity index (χ4n) is 4.31. The van der Waals surface area contributed by atoms with Crippen LogP contribution in [0.1, 0.15) is 11.1 Å². The van der Waals surface area contributed by atoms with Crippen LogP contribution >= 0.6 is 11.6 Å². The van der Waals surface area contributed by atoms with Gasteiger partial charge in [-0.05, 0) is 34.7 Å². The maximum absolute atomic E-state index is 13.8. The zero-order chi connectivity index (χ0) is 22.9. The number of benzene rings is 4. The SMILES string of the molecule is CN(Cc1ccccc1)C1=C(c2ccc(Cl)cc2)C(=O)N(c2cccc3ccccc23)C1=O. The van der Waals surface area contributed by atoms with Gasteiger partial charge in [0.15, 0.2) is 0 Å². The highest BCUT2D eigenvalue weighted by Crippen LogP contribution is 2.38. The molecule has 4 nitrogen and oxygen atoms in total. The number of nitrogens with zero attached hydrogens (tertiary/aromatic N) is 2. The largest absolute Gasteiger partial charge is 0.365 e. The summed E-state index contributed by atoms with van der Waals surface area (Å²) in [4.78, 5) is 30.8. The molecule has 0 bridgehead atoms. The third-order valence-electron chi connectivity index (χ3n) is 5.84. The van der Waals surface area contributed by atoms with E-state index in [1.807, 2.05) is 84.7 Å². The summed E-state index contributed by atoms with van der Waals surface area (Å²) in [7, 11) is 1.84. The second-order valence-corrected chi connectivity index (χ2v) is 8.45. The smallest absolute Gasteiger partial charge is 0.282 e. The third kappa shape index (κ3) is 3.79. The molecule has 5 rings (SSSR count). The van der Waals surface area contributed by atoms with Crippen molar-refractivity contribution < 1.29 is 9.59 Å². The minimum Gasteiger partial charge on any atom is -0.365 e. The minimum atomic E-state index is -0.339. The number of fused-ring (bicyclic) bond motifs is 1. The van der Waals surface area contributed by atoms with E-state index in [2.05, 4.69) is 0 Å². The van der Waals surface area contributed by atoms with Crippen LogP contribution in [-0.2, 0) is 16.1 Å². The van der Waals surface area contributed by atoms with Crippen LogP contribution in [0.25, 0.3) is 16.3 Å². The highest BCUT2D eigenvalue weighted by molar-refractivity contribution is 6.46. The molecule has 4 aromatic rings. The average molecular weight is 453 g/mol. The Bertz CT molecular complexity index is 1390. The first-order valence-electron chi connectivity index (χ1n) is 10.7. The van der Waals surface area contributed by atoms with Gasteiger partial charge in [-0.15, -0.1) is 0 Å². The van der Waals surface area contributed by atoms with Crippen LogP contribution in [0.4, 0.5) is 5.69 Å². The van der Waals surface area contributed by atoms with Crippen molar-refractivity contribution in [1.29, 1.82) is 0 Å². The summed E-state index contributed by atoms with van der Waals surface area (Å²) in [5, 5.41) is 2.39. The van der Waals surface area contributed by atoms with E-state index in [0.717, 1.165) is 16.3 Å². The van der Waals surface area contributed by atoms with E-state index in [9.17, 15) is 9.59 Å². The molecule has 0 atom stereocenters. The Morgan fingerprint density at radius 1 is 0.758 bits per heavy atom. The summed E-state index contributed by atoms with van der Waals surface area (Å²) in [5.41, 5.74) is 3.04. The molecule has 33 heavy (non-hydrogen) atoms. The summed E-state index contributed by atoms with van der Waals surface area (Å²) in [6.07, 6.45) is 0. The Morgan fingerprint density at radius 3 is 2.18 bits per heavy atom. The normalized spacial score (nSPS) is 13.8. The van der Waals surface area contributed by atoms with Gasteiger partial charge < -0.3 is 4.90 Å². The lowest BCUT2D eigenvalue weighted by atomic mass is 10.0. The number of hydrogen-bond acceptors (Lipinski definition) is 3. The first-order chi connectivity index (χ1) is 16.0. The molecule has 162 valence electrons. The summed E-state index contributed by atoms with van der Waals surface area (Å²) in [6, 6.07) is 30.3. The van der Waals surface area contributed by atoms with E-state index in [1.165, 1.54) is 4.90 Å². The Labute approximate surface area is 197 Å². The molecule has 5 heteroatoms. The molecule has 0 fully saturated rings. The van der Waals surface area contributed by atoms with Crippen molar-refractivity contribution in [2.24, 2.45) is 0 Å².